The number of carbonyl (C=O) groups excluding carboxylic acids is 1. The molecule has 0 aliphatic carbocycles. The SMILES string of the molecule is CCC(=O)C#CC[C@H](CC(C)C)NS(=O)(=O)c1ccc(C)cc1. The van der Waals surface area contributed by atoms with Gasteiger partial charge in [0.05, 0.1) is 4.90 Å². The first-order valence-electron chi connectivity index (χ1n) is 7.85. The third kappa shape index (κ3) is 6.98. The van der Waals surface area contributed by atoms with Gasteiger partial charge < -0.3 is 0 Å². The predicted octanol–water partition coefficient (Wildman–Crippen LogP) is 3.06. The first kappa shape index (κ1) is 19.4. The van der Waals surface area contributed by atoms with Gasteiger partial charge >= 0.3 is 0 Å². The van der Waals surface area contributed by atoms with Crippen molar-refractivity contribution in [2.75, 3.05) is 0 Å². The summed E-state index contributed by atoms with van der Waals surface area (Å²) < 4.78 is 27.6. The van der Waals surface area contributed by atoms with Gasteiger partial charge in [-0.15, -0.1) is 0 Å². The average molecular weight is 335 g/mol. The third-order valence-electron chi connectivity index (χ3n) is 3.31. The van der Waals surface area contributed by atoms with Crippen LogP contribution in [-0.4, -0.2) is 20.2 Å². The van der Waals surface area contributed by atoms with E-state index < -0.39 is 10.0 Å². The highest BCUT2D eigenvalue weighted by molar-refractivity contribution is 7.89. The fourth-order valence-corrected chi connectivity index (χ4v) is 3.36. The van der Waals surface area contributed by atoms with Crippen molar-refractivity contribution < 1.29 is 13.2 Å². The molecule has 0 unspecified atom stereocenters. The van der Waals surface area contributed by atoms with Gasteiger partial charge in [-0.3, -0.25) is 4.79 Å². The van der Waals surface area contributed by atoms with Crippen LogP contribution >= 0.6 is 0 Å². The highest BCUT2D eigenvalue weighted by atomic mass is 32.2. The highest BCUT2D eigenvalue weighted by Gasteiger charge is 2.20. The first-order chi connectivity index (χ1) is 10.7. The number of sulfonamides is 1. The van der Waals surface area contributed by atoms with E-state index >= 15 is 0 Å². The Bertz CT molecular complexity index is 679. The lowest BCUT2D eigenvalue weighted by molar-refractivity contribution is -0.113. The molecule has 0 aromatic heterocycles. The molecule has 0 fully saturated rings. The molecule has 0 spiro atoms. The van der Waals surface area contributed by atoms with Crippen LogP contribution in [0.1, 0.15) is 45.6 Å². The number of hydrogen-bond donors (Lipinski definition) is 1. The van der Waals surface area contributed by atoms with Crippen molar-refractivity contribution in [3.63, 3.8) is 0 Å². The van der Waals surface area contributed by atoms with Gasteiger partial charge in [0.2, 0.25) is 15.8 Å². The fourth-order valence-electron chi connectivity index (χ4n) is 2.11. The molecular weight excluding hydrogens is 310 g/mol. The van der Waals surface area contributed by atoms with Gasteiger partial charge in [-0.1, -0.05) is 44.4 Å². The Hall–Kier alpha value is -1.64. The fraction of sp³-hybridized carbons (Fsp3) is 0.500. The smallest absolute Gasteiger partial charge is 0.240 e. The van der Waals surface area contributed by atoms with Crippen LogP contribution in [0.15, 0.2) is 29.2 Å². The topological polar surface area (TPSA) is 63.2 Å². The van der Waals surface area contributed by atoms with E-state index in [-0.39, 0.29) is 16.7 Å². The minimum Gasteiger partial charge on any atom is -0.285 e. The number of rotatable bonds is 7. The molecule has 1 aromatic carbocycles. The molecule has 0 saturated carbocycles. The summed E-state index contributed by atoms with van der Waals surface area (Å²) >= 11 is 0. The van der Waals surface area contributed by atoms with Crippen molar-refractivity contribution in [1.82, 2.24) is 4.72 Å². The first-order valence-corrected chi connectivity index (χ1v) is 9.33. The van der Waals surface area contributed by atoms with Gasteiger partial charge in [0.1, 0.15) is 0 Å². The minimum absolute atomic E-state index is 0.130. The largest absolute Gasteiger partial charge is 0.285 e. The number of carbonyl (C=O) groups is 1. The van der Waals surface area contributed by atoms with E-state index in [1.54, 1.807) is 31.2 Å². The van der Waals surface area contributed by atoms with E-state index in [2.05, 4.69) is 16.6 Å². The summed E-state index contributed by atoms with van der Waals surface area (Å²) in [5, 5.41) is 0. The van der Waals surface area contributed by atoms with Gasteiger partial charge in [0.15, 0.2) is 0 Å². The second-order valence-corrected chi connectivity index (χ2v) is 7.76. The van der Waals surface area contributed by atoms with E-state index in [0.29, 0.717) is 25.2 Å². The molecule has 0 aliphatic heterocycles. The molecule has 126 valence electrons. The summed E-state index contributed by atoms with van der Waals surface area (Å²) in [6.07, 6.45) is 1.37. The molecule has 1 rings (SSSR count). The standard InChI is InChI=1S/C18H25NO3S/c1-5-17(20)8-6-7-16(13-14(2)3)19-23(21,22)18-11-9-15(4)10-12-18/h9-12,14,16,19H,5,7,13H2,1-4H3/t16-/m1/s1. The molecule has 23 heavy (non-hydrogen) atoms. The van der Waals surface area contributed by atoms with Gasteiger partial charge in [-0.05, 0) is 37.3 Å². The van der Waals surface area contributed by atoms with Crippen molar-refractivity contribution in [2.45, 2.75) is 57.9 Å². The van der Waals surface area contributed by atoms with Gasteiger partial charge in [-0.2, -0.15) is 0 Å². The van der Waals surface area contributed by atoms with Crippen LogP contribution in [0, 0.1) is 24.7 Å². The number of hydrogen-bond acceptors (Lipinski definition) is 3. The number of nitrogens with one attached hydrogen (secondary N) is 1. The third-order valence-corrected chi connectivity index (χ3v) is 4.84. The molecule has 1 atom stereocenters. The van der Waals surface area contributed by atoms with Gasteiger partial charge in [-0.25, -0.2) is 13.1 Å². The molecule has 1 aromatic rings. The Labute approximate surface area is 139 Å². The minimum atomic E-state index is -3.58. The Morgan fingerprint density at radius 3 is 2.35 bits per heavy atom. The summed E-state index contributed by atoms with van der Waals surface area (Å²) in [5.74, 6) is 5.54. The van der Waals surface area contributed by atoms with Crippen molar-refractivity contribution in [2.24, 2.45) is 5.92 Å². The molecule has 0 heterocycles. The summed E-state index contributed by atoms with van der Waals surface area (Å²) in [7, 11) is -3.58. The zero-order valence-corrected chi connectivity index (χ0v) is 15.0. The zero-order chi connectivity index (χ0) is 17.5. The lowest BCUT2D eigenvalue weighted by Crippen LogP contribution is -2.35. The maximum Gasteiger partial charge on any atom is 0.240 e. The van der Waals surface area contributed by atoms with E-state index in [4.69, 9.17) is 0 Å². The van der Waals surface area contributed by atoms with Gasteiger partial charge in [0.25, 0.3) is 0 Å². The van der Waals surface area contributed by atoms with Crippen LogP contribution in [0.25, 0.3) is 0 Å². The summed E-state index contributed by atoms with van der Waals surface area (Å²) in [6.45, 7) is 7.71. The lowest BCUT2D eigenvalue weighted by Gasteiger charge is -2.18. The Balaban J connectivity index is 2.88. The zero-order valence-electron chi connectivity index (χ0n) is 14.2. The van der Waals surface area contributed by atoms with E-state index in [9.17, 15) is 13.2 Å². The predicted molar refractivity (Wildman–Crippen MR) is 92.4 cm³/mol. The van der Waals surface area contributed by atoms with Crippen LogP contribution in [-0.2, 0) is 14.8 Å². The monoisotopic (exact) mass is 335 g/mol. The second-order valence-electron chi connectivity index (χ2n) is 6.04. The van der Waals surface area contributed by atoms with Gasteiger partial charge in [0, 0.05) is 18.9 Å². The van der Waals surface area contributed by atoms with Crippen LogP contribution in [0.3, 0.4) is 0 Å². The molecule has 0 radical (unpaired) electrons. The number of benzene rings is 1. The maximum absolute atomic E-state index is 12.5. The second kappa shape index (κ2) is 8.85. The highest BCUT2D eigenvalue weighted by Crippen LogP contribution is 2.14. The molecule has 0 saturated heterocycles. The lowest BCUT2D eigenvalue weighted by atomic mass is 10.0. The van der Waals surface area contributed by atoms with E-state index in [1.165, 1.54) is 0 Å². The normalized spacial score (nSPS) is 12.6. The van der Waals surface area contributed by atoms with Crippen molar-refractivity contribution in [1.29, 1.82) is 0 Å². The van der Waals surface area contributed by atoms with Crippen molar-refractivity contribution in [3.05, 3.63) is 29.8 Å². The molecule has 0 aliphatic rings. The molecule has 1 N–H and O–H groups in total. The van der Waals surface area contributed by atoms with Crippen LogP contribution in [0.5, 0.6) is 0 Å². The maximum atomic E-state index is 12.5. The average Bonchev–Trinajstić information content (AvgIpc) is 2.46. The summed E-state index contributed by atoms with van der Waals surface area (Å²) in [5.41, 5.74) is 1.01. The molecular formula is C18H25NO3S. The van der Waals surface area contributed by atoms with E-state index in [1.807, 2.05) is 20.8 Å². The van der Waals surface area contributed by atoms with Crippen LogP contribution < -0.4 is 4.72 Å². The number of Topliss-reactive ketones (excluding diaryl/α,β-unsaturated/α-hetero) is 1. The molecule has 5 heteroatoms. The molecule has 0 amide bonds. The summed E-state index contributed by atoms with van der Waals surface area (Å²) in [6, 6.07) is 6.42. The Morgan fingerprint density at radius 1 is 1.22 bits per heavy atom. The molecule has 4 nitrogen and oxygen atoms in total. The number of aryl methyl sites for hydroxylation is 1. The summed E-state index contributed by atoms with van der Waals surface area (Å²) in [4.78, 5) is 11.5. The van der Waals surface area contributed by atoms with E-state index in [0.717, 1.165) is 5.56 Å². The number of ketones is 1. The molecule has 0 bridgehead atoms. The van der Waals surface area contributed by atoms with Crippen LogP contribution in [0.2, 0.25) is 0 Å². The Kier molecular flexibility index (Phi) is 7.47. The van der Waals surface area contributed by atoms with Crippen LogP contribution in [0.4, 0.5) is 0 Å². The quantitative estimate of drug-likeness (QED) is 0.615. The van der Waals surface area contributed by atoms with Crippen molar-refractivity contribution in [3.8, 4) is 11.8 Å². The Morgan fingerprint density at radius 2 is 1.83 bits per heavy atom. The van der Waals surface area contributed by atoms with Crippen molar-refractivity contribution >= 4 is 15.8 Å².